The molecule has 0 aliphatic carbocycles. The third-order valence-electron chi connectivity index (χ3n) is 3.13. The van der Waals surface area contributed by atoms with E-state index in [2.05, 4.69) is 47.4 Å². The molecule has 3 heteroatoms. The van der Waals surface area contributed by atoms with Crippen LogP contribution in [0.1, 0.15) is 18.5 Å². The van der Waals surface area contributed by atoms with Crippen molar-refractivity contribution in [3.05, 3.63) is 60.2 Å². The van der Waals surface area contributed by atoms with Crippen molar-refractivity contribution in [3.63, 3.8) is 0 Å². The highest BCUT2D eigenvalue weighted by Gasteiger charge is 2.09. The zero-order valence-electron chi connectivity index (χ0n) is 10.8. The molecule has 0 radical (unpaired) electrons. The Labute approximate surface area is 117 Å². The quantitative estimate of drug-likeness (QED) is 0.742. The number of benzene rings is 2. The van der Waals surface area contributed by atoms with Gasteiger partial charge in [-0.3, -0.25) is 0 Å². The van der Waals surface area contributed by atoms with E-state index in [1.807, 2.05) is 19.1 Å². The normalized spacial score (nSPS) is 12.7. The lowest BCUT2D eigenvalue weighted by molar-refractivity contribution is 0.797. The van der Waals surface area contributed by atoms with Gasteiger partial charge in [0.15, 0.2) is 0 Å². The largest absolute Gasteiger partial charge is 0.349 e. The molecule has 2 nitrogen and oxygen atoms in total. The highest BCUT2D eigenvalue weighted by atomic mass is 32.2. The third kappa shape index (κ3) is 2.53. The molecule has 1 atom stereocenters. The third-order valence-corrected chi connectivity index (χ3v) is 4.17. The minimum Gasteiger partial charge on any atom is -0.349 e. The van der Waals surface area contributed by atoms with Crippen LogP contribution in [-0.4, -0.2) is 4.98 Å². The standard InChI is InChI=1S/C16H16N2S/c1-11(17)13-7-3-5-9-15(13)19-16-10-12-6-2-4-8-14(12)18-16/h2-11,18H,17H2,1H3/t11-/m1/s1. The van der Waals surface area contributed by atoms with E-state index in [1.165, 1.54) is 21.4 Å². The highest BCUT2D eigenvalue weighted by Crippen LogP contribution is 2.33. The van der Waals surface area contributed by atoms with Gasteiger partial charge >= 0.3 is 0 Å². The monoisotopic (exact) mass is 268 g/mol. The summed E-state index contributed by atoms with van der Waals surface area (Å²) in [7, 11) is 0. The van der Waals surface area contributed by atoms with Gasteiger partial charge in [-0.05, 0) is 30.7 Å². The van der Waals surface area contributed by atoms with Crippen molar-refractivity contribution in [2.24, 2.45) is 5.73 Å². The van der Waals surface area contributed by atoms with Gasteiger partial charge in [0.2, 0.25) is 0 Å². The van der Waals surface area contributed by atoms with Gasteiger partial charge in [-0.15, -0.1) is 0 Å². The molecule has 3 rings (SSSR count). The van der Waals surface area contributed by atoms with Crippen LogP contribution >= 0.6 is 11.8 Å². The Morgan fingerprint density at radius 3 is 2.58 bits per heavy atom. The predicted molar refractivity (Wildman–Crippen MR) is 81.5 cm³/mol. The van der Waals surface area contributed by atoms with Crippen molar-refractivity contribution in [2.45, 2.75) is 22.9 Å². The van der Waals surface area contributed by atoms with E-state index in [0.29, 0.717) is 0 Å². The number of rotatable bonds is 3. The molecule has 0 saturated carbocycles. The Bertz CT molecular complexity index is 668. The number of aromatic nitrogens is 1. The van der Waals surface area contributed by atoms with E-state index in [9.17, 15) is 0 Å². The number of nitrogens with two attached hydrogens (primary N) is 1. The summed E-state index contributed by atoms with van der Waals surface area (Å²) in [6.07, 6.45) is 0. The molecule has 0 spiro atoms. The van der Waals surface area contributed by atoms with E-state index in [1.54, 1.807) is 11.8 Å². The number of hydrogen-bond donors (Lipinski definition) is 2. The first-order valence-electron chi connectivity index (χ1n) is 6.34. The summed E-state index contributed by atoms with van der Waals surface area (Å²) in [6, 6.07) is 18.8. The van der Waals surface area contributed by atoms with Gasteiger partial charge in [-0.2, -0.15) is 0 Å². The molecule has 1 heterocycles. The number of fused-ring (bicyclic) bond motifs is 1. The summed E-state index contributed by atoms with van der Waals surface area (Å²) < 4.78 is 0. The van der Waals surface area contributed by atoms with Gasteiger partial charge in [0, 0.05) is 21.8 Å². The Morgan fingerprint density at radius 1 is 1.05 bits per heavy atom. The average Bonchev–Trinajstić information content (AvgIpc) is 2.81. The molecule has 0 aliphatic heterocycles. The molecule has 3 N–H and O–H groups in total. The van der Waals surface area contributed by atoms with Crippen molar-refractivity contribution in [1.82, 2.24) is 4.98 Å². The van der Waals surface area contributed by atoms with Gasteiger partial charge in [-0.1, -0.05) is 48.2 Å². The molecule has 0 bridgehead atoms. The molecule has 96 valence electrons. The van der Waals surface area contributed by atoms with E-state index in [-0.39, 0.29) is 6.04 Å². The molecule has 0 saturated heterocycles. The minimum atomic E-state index is 0.0491. The molecular weight excluding hydrogens is 252 g/mol. The van der Waals surface area contributed by atoms with Gasteiger partial charge < -0.3 is 10.7 Å². The average molecular weight is 268 g/mol. The lowest BCUT2D eigenvalue weighted by Crippen LogP contribution is -2.05. The van der Waals surface area contributed by atoms with Crippen LogP contribution in [0, 0.1) is 0 Å². The van der Waals surface area contributed by atoms with Gasteiger partial charge in [0.1, 0.15) is 0 Å². The molecule has 0 amide bonds. The fraction of sp³-hybridized carbons (Fsp3) is 0.125. The molecule has 2 aromatic carbocycles. The second kappa shape index (κ2) is 5.11. The summed E-state index contributed by atoms with van der Waals surface area (Å²) in [4.78, 5) is 4.64. The maximum atomic E-state index is 6.02. The highest BCUT2D eigenvalue weighted by molar-refractivity contribution is 7.99. The topological polar surface area (TPSA) is 41.8 Å². The molecule has 0 fully saturated rings. The van der Waals surface area contributed by atoms with Crippen molar-refractivity contribution in [1.29, 1.82) is 0 Å². The number of nitrogens with one attached hydrogen (secondary N) is 1. The number of para-hydroxylation sites is 1. The summed E-state index contributed by atoms with van der Waals surface area (Å²) in [6.45, 7) is 2.02. The first kappa shape index (κ1) is 12.3. The molecule has 3 aromatic rings. The number of hydrogen-bond acceptors (Lipinski definition) is 2. The van der Waals surface area contributed by atoms with Crippen LogP contribution < -0.4 is 5.73 Å². The van der Waals surface area contributed by atoms with Crippen LogP contribution in [0.2, 0.25) is 0 Å². The van der Waals surface area contributed by atoms with Crippen molar-refractivity contribution in [2.75, 3.05) is 0 Å². The van der Waals surface area contributed by atoms with Crippen molar-refractivity contribution in [3.8, 4) is 0 Å². The van der Waals surface area contributed by atoms with Crippen LogP contribution in [0.5, 0.6) is 0 Å². The lowest BCUT2D eigenvalue weighted by Gasteiger charge is -2.10. The molecule has 0 unspecified atom stereocenters. The van der Waals surface area contributed by atoms with Gasteiger partial charge in [0.05, 0.1) is 5.03 Å². The van der Waals surface area contributed by atoms with Crippen LogP contribution in [0.4, 0.5) is 0 Å². The Hall–Kier alpha value is -1.71. The molecular formula is C16H16N2S. The fourth-order valence-corrected chi connectivity index (χ4v) is 3.27. The van der Waals surface area contributed by atoms with Crippen LogP contribution in [-0.2, 0) is 0 Å². The van der Waals surface area contributed by atoms with E-state index >= 15 is 0 Å². The SMILES string of the molecule is C[C@@H](N)c1ccccc1Sc1cc2ccccc2[nH]1. The lowest BCUT2D eigenvalue weighted by atomic mass is 10.1. The predicted octanol–water partition coefficient (Wildman–Crippen LogP) is 4.34. The van der Waals surface area contributed by atoms with Crippen molar-refractivity contribution < 1.29 is 0 Å². The van der Waals surface area contributed by atoms with Crippen LogP contribution in [0.15, 0.2) is 64.5 Å². The number of H-pyrrole nitrogens is 1. The summed E-state index contributed by atoms with van der Waals surface area (Å²) >= 11 is 1.73. The maximum Gasteiger partial charge on any atom is 0.0780 e. The zero-order chi connectivity index (χ0) is 13.2. The van der Waals surface area contributed by atoms with Crippen molar-refractivity contribution >= 4 is 22.7 Å². The fourth-order valence-electron chi connectivity index (χ4n) is 2.17. The Kier molecular flexibility index (Phi) is 3.32. The van der Waals surface area contributed by atoms with Gasteiger partial charge in [0.25, 0.3) is 0 Å². The van der Waals surface area contributed by atoms with E-state index in [0.717, 1.165) is 5.03 Å². The smallest absolute Gasteiger partial charge is 0.0780 e. The van der Waals surface area contributed by atoms with E-state index < -0.39 is 0 Å². The first-order valence-corrected chi connectivity index (χ1v) is 7.16. The second-order valence-corrected chi connectivity index (χ2v) is 5.73. The Morgan fingerprint density at radius 2 is 1.79 bits per heavy atom. The summed E-state index contributed by atoms with van der Waals surface area (Å²) in [5.41, 5.74) is 8.38. The molecule has 1 aromatic heterocycles. The second-order valence-electron chi connectivity index (χ2n) is 4.65. The Balaban J connectivity index is 1.97. The van der Waals surface area contributed by atoms with E-state index in [4.69, 9.17) is 5.73 Å². The molecule has 19 heavy (non-hydrogen) atoms. The summed E-state index contributed by atoms with van der Waals surface area (Å²) in [5.74, 6) is 0. The minimum absolute atomic E-state index is 0.0491. The summed E-state index contributed by atoms with van der Waals surface area (Å²) in [5, 5.41) is 2.39. The number of aromatic amines is 1. The van der Waals surface area contributed by atoms with Crippen LogP contribution in [0.3, 0.4) is 0 Å². The maximum absolute atomic E-state index is 6.02. The molecule has 0 aliphatic rings. The van der Waals surface area contributed by atoms with Crippen LogP contribution in [0.25, 0.3) is 10.9 Å². The van der Waals surface area contributed by atoms with Gasteiger partial charge in [-0.25, -0.2) is 0 Å². The zero-order valence-corrected chi connectivity index (χ0v) is 11.6. The first-order chi connectivity index (χ1) is 9.24.